The van der Waals surface area contributed by atoms with Gasteiger partial charge in [-0.3, -0.25) is 4.79 Å². The van der Waals surface area contributed by atoms with Gasteiger partial charge in [-0.2, -0.15) is 0 Å². The number of ether oxygens (including phenoxy) is 1. The molecule has 1 aliphatic carbocycles. The van der Waals surface area contributed by atoms with E-state index in [1.807, 2.05) is 25.2 Å². The second-order valence-corrected chi connectivity index (χ2v) is 7.92. The highest BCUT2D eigenvalue weighted by atomic mass is 19.1. The molecule has 1 saturated carbocycles. The van der Waals surface area contributed by atoms with Crippen molar-refractivity contribution in [3.63, 3.8) is 0 Å². The quantitative estimate of drug-likeness (QED) is 0.489. The number of nitrogens with two attached hydrogens (primary N) is 1. The van der Waals surface area contributed by atoms with Crippen molar-refractivity contribution >= 4 is 11.6 Å². The van der Waals surface area contributed by atoms with Crippen molar-refractivity contribution in [1.82, 2.24) is 25.9 Å². The van der Waals surface area contributed by atoms with E-state index in [0.29, 0.717) is 5.82 Å². The van der Waals surface area contributed by atoms with Crippen molar-refractivity contribution in [2.45, 2.75) is 30.8 Å². The van der Waals surface area contributed by atoms with Crippen LogP contribution in [0.5, 0.6) is 5.75 Å². The lowest BCUT2D eigenvalue weighted by Gasteiger charge is -2.35. The van der Waals surface area contributed by atoms with Crippen molar-refractivity contribution in [3.05, 3.63) is 53.8 Å². The molecule has 1 fully saturated rings. The van der Waals surface area contributed by atoms with Crippen LogP contribution in [0.1, 0.15) is 24.3 Å². The second-order valence-electron chi connectivity index (χ2n) is 7.92. The molecule has 0 radical (unpaired) electrons. The highest BCUT2D eigenvalue weighted by Gasteiger charge is 2.40. The number of anilines is 1. The average Bonchev–Trinajstić information content (AvgIpc) is 3.48. The van der Waals surface area contributed by atoms with Gasteiger partial charge in [-0.1, -0.05) is 12.1 Å². The van der Waals surface area contributed by atoms with Gasteiger partial charge in [0.25, 0.3) is 0 Å². The molecule has 4 N–H and O–H groups in total. The summed E-state index contributed by atoms with van der Waals surface area (Å²) in [5.41, 5.74) is 8.08. The van der Waals surface area contributed by atoms with E-state index in [2.05, 4.69) is 30.8 Å². The molecule has 10 heteroatoms. The fourth-order valence-corrected chi connectivity index (χ4v) is 4.59. The Kier molecular flexibility index (Phi) is 6.31. The summed E-state index contributed by atoms with van der Waals surface area (Å²) in [7, 11) is 3.64. The number of likely N-dealkylation sites (N-methyl/N-ethyl adjacent to an activating group) is 1. The zero-order valence-electron chi connectivity index (χ0n) is 18.0. The number of methoxy groups -OCH3 is 1. The monoisotopic (exact) mass is 439 g/mol. The van der Waals surface area contributed by atoms with Crippen molar-refractivity contribution in [2.24, 2.45) is 5.73 Å². The van der Waals surface area contributed by atoms with Crippen LogP contribution in [0.25, 0.3) is 11.4 Å². The third-order valence-electron chi connectivity index (χ3n) is 6.09. The van der Waals surface area contributed by atoms with Crippen LogP contribution in [0, 0.1) is 5.82 Å². The lowest BCUT2D eigenvalue weighted by molar-refractivity contribution is -0.117. The molecule has 0 bridgehead atoms. The van der Waals surface area contributed by atoms with Gasteiger partial charge in [-0.05, 0) is 59.2 Å². The van der Waals surface area contributed by atoms with Gasteiger partial charge in [0.15, 0.2) is 5.82 Å². The first-order valence-electron chi connectivity index (χ1n) is 10.4. The summed E-state index contributed by atoms with van der Waals surface area (Å²) < 4.78 is 19.2. The Bertz CT molecular complexity index is 1060. The van der Waals surface area contributed by atoms with Crippen LogP contribution in [-0.4, -0.2) is 59.3 Å². The summed E-state index contributed by atoms with van der Waals surface area (Å²) in [6, 6.07) is 12.4. The number of tetrazole rings is 1. The predicted molar refractivity (Wildman–Crippen MR) is 118 cm³/mol. The fraction of sp³-hybridized carbons (Fsp3) is 0.364. The van der Waals surface area contributed by atoms with Gasteiger partial charge in [0.05, 0.1) is 19.3 Å². The van der Waals surface area contributed by atoms with E-state index < -0.39 is 5.91 Å². The number of carbonyl (C=O) groups is 1. The molecule has 1 aromatic heterocycles. The van der Waals surface area contributed by atoms with Gasteiger partial charge >= 0.3 is 0 Å². The molecule has 4 rings (SSSR count). The third-order valence-corrected chi connectivity index (χ3v) is 6.09. The highest BCUT2D eigenvalue weighted by Crippen LogP contribution is 2.42. The minimum absolute atomic E-state index is 0.0141. The summed E-state index contributed by atoms with van der Waals surface area (Å²) in [6.07, 6.45) is 1.71. The smallest absolute Gasteiger partial charge is 0.231 e. The van der Waals surface area contributed by atoms with E-state index in [1.165, 1.54) is 12.1 Å². The number of aromatic nitrogens is 4. The lowest BCUT2D eigenvalue weighted by Crippen LogP contribution is -2.43. The minimum Gasteiger partial charge on any atom is -0.495 e. The standard InChI is InChI=1S/C22H26FN7O2/c1-30(18-11-14(5-10-19(18)32-2)22-26-28-29-27-22)17-9-8-16(25-12-20(24)31)21(17)13-3-6-15(23)7-4-13/h3-7,10-11,16-17,21,25H,8-9,12H2,1-2H3,(H2,24,31)(H,26,27,28,29)/t16-,17-,21-/m0/s1. The van der Waals surface area contributed by atoms with Gasteiger partial charge in [0.1, 0.15) is 11.6 Å². The largest absolute Gasteiger partial charge is 0.495 e. The summed E-state index contributed by atoms with van der Waals surface area (Å²) in [4.78, 5) is 13.6. The van der Waals surface area contributed by atoms with Crippen LogP contribution >= 0.6 is 0 Å². The van der Waals surface area contributed by atoms with Crippen LogP contribution in [0.2, 0.25) is 0 Å². The molecular weight excluding hydrogens is 413 g/mol. The van der Waals surface area contributed by atoms with Gasteiger partial charge in [-0.25, -0.2) is 9.49 Å². The van der Waals surface area contributed by atoms with Crippen molar-refractivity contribution in [1.29, 1.82) is 0 Å². The van der Waals surface area contributed by atoms with Crippen LogP contribution in [0.15, 0.2) is 42.5 Å². The van der Waals surface area contributed by atoms with E-state index in [0.717, 1.165) is 35.4 Å². The zero-order valence-corrected chi connectivity index (χ0v) is 18.0. The number of amides is 1. The first-order valence-corrected chi connectivity index (χ1v) is 10.4. The van der Waals surface area contributed by atoms with Gasteiger partial charge in [0, 0.05) is 30.6 Å². The van der Waals surface area contributed by atoms with Gasteiger partial charge in [-0.15, -0.1) is 5.10 Å². The molecule has 1 aliphatic rings. The molecule has 1 heterocycles. The Labute approximate surface area is 185 Å². The summed E-state index contributed by atoms with van der Waals surface area (Å²) in [5, 5.41) is 17.4. The number of carbonyl (C=O) groups excluding carboxylic acids is 1. The van der Waals surface area contributed by atoms with Crippen molar-refractivity contribution in [3.8, 4) is 17.1 Å². The topological polar surface area (TPSA) is 122 Å². The molecule has 0 saturated heterocycles. The Morgan fingerprint density at radius 1 is 1.28 bits per heavy atom. The van der Waals surface area contributed by atoms with E-state index in [-0.39, 0.29) is 30.4 Å². The lowest BCUT2D eigenvalue weighted by atomic mass is 9.89. The number of nitrogens with zero attached hydrogens (tertiary/aromatic N) is 4. The van der Waals surface area contributed by atoms with Crippen molar-refractivity contribution < 1.29 is 13.9 Å². The first-order chi connectivity index (χ1) is 15.5. The molecule has 9 nitrogen and oxygen atoms in total. The average molecular weight is 439 g/mol. The van der Waals surface area contributed by atoms with E-state index >= 15 is 0 Å². The molecule has 1 amide bonds. The maximum absolute atomic E-state index is 13.6. The number of aromatic amines is 1. The molecule has 32 heavy (non-hydrogen) atoms. The van der Waals surface area contributed by atoms with E-state index in [1.54, 1.807) is 19.2 Å². The first kappa shape index (κ1) is 21.7. The van der Waals surface area contributed by atoms with Gasteiger partial charge < -0.3 is 20.7 Å². The molecule has 0 spiro atoms. The number of rotatable bonds is 8. The Morgan fingerprint density at radius 3 is 2.72 bits per heavy atom. The van der Waals surface area contributed by atoms with E-state index in [9.17, 15) is 9.18 Å². The maximum Gasteiger partial charge on any atom is 0.231 e. The molecule has 0 unspecified atom stereocenters. The SMILES string of the molecule is COc1ccc(-c2nnn[nH]2)cc1N(C)[C@H]1CC[C@H](NCC(N)=O)[C@@H]1c1ccc(F)cc1. The molecule has 168 valence electrons. The number of benzene rings is 2. The van der Waals surface area contributed by atoms with E-state index in [4.69, 9.17) is 10.5 Å². The van der Waals surface area contributed by atoms with Gasteiger partial charge in [0.2, 0.25) is 5.91 Å². The molecule has 3 atom stereocenters. The summed E-state index contributed by atoms with van der Waals surface area (Å²) in [6.45, 7) is 0.0933. The number of hydrogen-bond donors (Lipinski definition) is 3. The minimum atomic E-state index is -0.408. The number of halogens is 1. The van der Waals surface area contributed by atoms with Crippen LogP contribution < -0.4 is 20.7 Å². The molecule has 3 aromatic rings. The summed E-state index contributed by atoms with van der Waals surface area (Å²) >= 11 is 0. The fourth-order valence-electron chi connectivity index (χ4n) is 4.59. The predicted octanol–water partition coefficient (Wildman–Crippen LogP) is 1.84. The number of nitrogens with one attached hydrogen (secondary N) is 2. The maximum atomic E-state index is 13.6. The Balaban J connectivity index is 1.69. The van der Waals surface area contributed by atoms with Crippen LogP contribution in [0.3, 0.4) is 0 Å². The van der Waals surface area contributed by atoms with Crippen LogP contribution in [-0.2, 0) is 4.79 Å². The highest BCUT2D eigenvalue weighted by molar-refractivity contribution is 5.76. The zero-order chi connectivity index (χ0) is 22.7. The Morgan fingerprint density at radius 2 is 2.06 bits per heavy atom. The third kappa shape index (κ3) is 4.40. The second kappa shape index (κ2) is 9.31. The summed E-state index contributed by atoms with van der Waals surface area (Å²) in [5.74, 6) is 0.600. The van der Waals surface area contributed by atoms with Crippen molar-refractivity contribution in [2.75, 3.05) is 25.6 Å². The number of primary amides is 1. The number of hydrogen-bond acceptors (Lipinski definition) is 7. The molecule has 0 aliphatic heterocycles. The molecular formula is C22H26FN7O2. The Hall–Kier alpha value is -3.53. The number of H-pyrrole nitrogens is 1. The normalized spacial score (nSPS) is 20.3. The van der Waals surface area contributed by atoms with Crippen LogP contribution in [0.4, 0.5) is 10.1 Å². The molecule has 2 aromatic carbocycles.